The molecule has 0 spiro atoms. The molecule has 2 rings (SSSR count). The van der Waals surface area contributed by atoms with Crippen LogP contribution in [0.25, 0.3) is 11.4 Å². The van der Waals surface area contributed by atoms with E-state index < -0.39 is 0 Å². The first-order chi connectivity index (χ1) is 9.19. The molecular weight excluding hydrogens is 264 g/mol. The van der Waals surface area contributed by atoms with Crippen molar-refractivity contribution in [1.82, 2.24) is 9.97 Å². The van der Waals surface area contributed by atoms with Crippen LogP contribution in [0.2, 0.25) is 5.15 Å². The number of hydrogen-bond acceptors (Lipinski definition) is 4. The molecule has 98 valence electrons. The van der Waals surface area contributed by atoms with E-state index in [0.29, 0.717) is 28.8 Å². The molecule has 0 aromatic carbocycles. The van der Waals surface area contributed by atoms with Crippen LogP contribution >= 0.6 is 11.6 Å². The van der Waals surface area contributed by atoms with Crippen LogP contribution in [0.4, 0.5) is 0 Å². The van der Waals surface area contributed by atoms with E-state index in [1.54, 1.807) is 19.1 Å². The molecule has 4 nitrogen and oxygen atoms in total. The summed E-state index contributed by atoms with van der Waals surface area (Å²) >= 11 is 5.85. The number of nitrogens with zero attached hydrogens (tertiary/aromatic N) is 2. The van der Waals surface area contributed by atoms with Gasteiger partial charge in [0.2, 0.25) is 0 Å². The molecule has 2 aromatic rings. The van der Waals surface area contributed by atoms with Crippen LogP contribution in [0.3, 0.4) is 0 Å². The third-order valence-electron chi connectivity index (χ3n) is 2.42. The predicted molar refractivity (Wildman–Crippen MR) is 72.8 cm³/mol. The highest BCUT2D eigenvalue weighted by Gasteiger charge is 2.07. The first-order valence-corrected chi connectivity index (χ1v) is 6.31. The highest BCUT2D eigenvalue weighted by molar-refractivity contribution is 6.29. The van der Waals surface area contributed by atoms with E-state index in [0.717, 1.165) is 0 Å². The Labute approximate surface area is 116 Å². The Balaban J connectivity index is 2.22. The van der Waals surface area contributed by atoms with Crippen molar-refractivity contribution < 1.29 is 9.53 Å². The Kier molecular flexibility index (Phi) is 4.47. The largest absolute Gasteiger partial charge is 0.466 e. The zero-order chi connectivity index (χ0) is 13.7. The Morgan fingerprint density at radius 2 is 1.84 bits per heavy atom. The van der Waals surface area contributed by atoms with Crippen molar-refractivity contribution in [2.45, 2.75) is 13.3 Å². The van der Waals surface area contributed by atoms with Gasteiger partial charge in [-0.25, -0.2) is 4.98 Å². The van der Waals surface area contributed by atoms with Gasteiger partial charge in [0.05, 0.1) is 30.1 Å². The van der Waals surface area contributed by atoms with E-state index in [1.807, 2.05) is 24.3 Å². The number of carbonyl (C=O) groups excluding carboxylic acids is 1. The van der Waals surface area contributed by atoms with Gasteiger partial charge in [-0.15, -0.1) is 0 Å². The van der Waals surface area contributed by atoms with Crippen molar-refractivity contribution in [2.24, 2.45) is 0 Å². The van der Waals surface area contributed by atoms with Crippen molar-refractivity contribution >= 4 is 17.6 Å². The second-order valence-electron chi connectivity index (χ2n) is 3.84. The van der Waals surface area contributed by atoms with Gasteiger partial charge in [0.25, 0.3) is 0 Å². The molecule has 0 aliphatic rings. The maximum atomic E-state index is 11.4. The van der Waals surface area contributed by atoms with Crippen LogP contribution in [0.5, 0.6) is 0 Å². The number of hydrogen-bond donors (Lipinski definition) is 0. The molecule has 0 aliphatic carbocycles. The Morgan fingerprint density at radius 1 is 1.16 bits per heavy atom. The van der Waals surface area contributed by atoms with Gasteiger partial charge in [-0.05, 0) is 31.2 Å². The van der Waals surface area contributed by atoms with Crippen molar-refractivity contribution in [1.29, 1.82) is 0 Å². The molecule has 19 heavy (non-hydrogen) atoms. The minimum atomic E-state index is -0.286. The fraction of sp³-hybridized carbons (Fsp3) is 0.214. The molecule has 0 saturated heterocycles. The maximum Gasteiger partial charge on any atom is 0.311 e. The zero-order valence-electron chi connectivity index (χ0n) is 10.5. The average Bonchev–Trinajstić information content (AvgIpc) is 2.39. The average molecular weight is 277 g/mol. The SMILES string of the molecule is CCOC(=O)Cc1cccc(-c2cccc(Cl)n2)n1. The monoisotopic (exact) mass is 276 g/mol. The Hall–Kier alpha value is -1.94. The molecule has 0 aliphatic heterocycles. The number of ether oxygens (including phenoxy) is 1. The smallest absolute Gasteiger partial charge is 0.311 e. The van der Waals surface area contributed by atoms with E-state index in [4.69, 9.17) is 16.3 Å². The lowest BCUT2D eigenvalue weighted by molar-refractivity contribution is -0.142. The number of esters is 1. The van der Waals surface area contributed by atoms with Gasteiger partial charge < -0.3 is 4.74 Å². The fourth-order valence-electron chi connectivity index (χ4n) is 1.63. The van der Waals surface area contributed by atoms with Crippen LogP contribution in [0.1, 0.15) is 12.6 Å². The van der Waals surface area contributed by atoms with E-state index in [2.05, 4.69) is 9.97 Å². The summed E-state index contributed by atoms with van der Waals surface area (Å²) in [5, 5.41) is 0.412. The highest BCUT2D eigenvalue weighted by atomic mass is 35.5. The molecule has 0 amide bonds. The number of rotatable bonds is 4. The molecule has 2 aromatic heterocycles. The standard InChI is InChI=1S/C14H13ClN2O2/c1-2-19-14(18)9-10-5-3-6-11(16-10)12-7-4-8-13(15)17-12/h3-8H,2,9H2,1H3. The predicted octanol–water partition coefficient (Wildman–Crippen LogP) is 2.90. The van der Waals surface area contributed by atoms with Crippen molar-refractivity contribution in [3.05, 3.63) is 47.2 Å². The van der Waals surface area contributed by atoms with Gasteiger partial charge >= 0.3 is 5.97 Å². The first kappa shape index (κ1) is 13.5. The quantitative estimate of drug-likeness (QED) is 0.636. The minimum Gasteiger partial charge on any atom is -0.466 e. The van der Waals surface area contributed by atoms with Crippen LogP contribution in [0, 0.1) is 0 Å². The molecule has 0 N–H and O–H groups in total. The summed E-state index contributed by atoms with van der Waals surface area (Å²) in [5.74, 6) is -0.286. The van der Waals surface area contributed by atoms with E-state index in [1.165, 1.54) is 0 Å². The lowest BCUT2D eigenvalue weighted by atomic mass is 10.2. The summed E-state index contributed by atoms with van der Waals surface area (Å²) in [6.07, 6.45) is 0.155. The molecule has 0 bridgehead atoms. The Morgan fingerprint density at radius 3 is 2.53 bits per heavy atom. The number of pyridine rings is 2. The van der Waals surface area contributed by atoms with Gasteiger partial charge in [-0.3, -0.25) is 9.78 Å². The van der Waals surface area contributed by atoms with Crippen LogP contribution in [-0.2, 0) is 16.0 Å². The zero-order valence-corrected chi connectivity index (χ0v) is 11.2. The molecule has 0 atom stereocenters. The normalized spacial score (nSPS) is 10.2. The van der Waals surface area contributed by atoms with Crippen LogP contribution < -0.4 is 0 Å². The van der Waals surface area contributed by atoms with Gasteiger partial charge in [0, 0.05) is 0 Å². The summed E-state index contributed by atoms with van der Waals surface area (Å²) < 4.78 is 4.89. The first-order valence-electron chi connectivity index (χ1n) is 5.93. The van der Waals surface area contributed by atoms with Crippen LogP contribution in [-0.4, -0.2) is 22.5 Å². The molecule has 0 unspecified atom stereocenters. The lowest BCUT2D eigenvalue weighted by Gasteiger charge is -2.04. The third kappa shape index (κ3) is 3.76. The minimum absolute atomic E-state index is 0.155. The lowest BCUT2D eigenvalue weighted by Crippen LogP contribution is -2.08. The summed E-state index contributed by atoms with van der Waals surface area (Å²) in [6, 6.07) is 10.8. The van der Waals surface area contributed by atoms with Crippen molar-refractivity contribution in [3.8, 4) is 11.4 Å². The molecule has 0 fully saturated rings. The van der Waals surface area contributed by atoms with E-state index in [-0.39, 0.29) is 12.4 Å². The van der Waals surface area contributed by atoms with Gasteiger partial charge in [0.15, 0.2) is 0 Å². The second-order valence-corrected chi connectivity index (χ2v) is 4.23. The van der Waals surface area contributed by atoms with Crippen molar-refractivity contribution in [3.63, 3.8) is 0 Å². The summed E-state index contributed by atoms with van der Waals surface area (Å²) in [4.78, 5) is 20.0. The van der Waals surface area contributed by atoms with Crippen molar-refractivity contribution in [2.75, 3.05) is 6.61 Å². The van der Waals surface area contributed by atoms with Gasteiger partial charge in [-0.2, -0.15) is 0 Å². The topological polar surface area (TPSA) is 52.1 Å². The maximum absolute atomic E-state index is 11.4. The summed E-state index contributed by atoms with van der Waals surface area (Å²) in [7, 11) is 0. The number of carbonyl (C=O) groups is 1. The molecule has 2 heterocycles. The fourth-order valence-corrected chi connectivity index (χ4v) is 1.80. The highest BCUT2D eigenvalue weighted by Crippen LogP contribution is 2.17. The summed E-state index contributed by atoms with van der Waals surface area (Å²) in [5.41, 5.74) is 2.01. The third-order valence-corrected chi connectivity index (χ3v) is 2.63. The number of halogens is 1. The second kappa shape index (κ2) is 6.29. The van der Waals surface area contributed by atoms with Gasteiger partial charge in [0.1, 0.15) is 5.15 Å². The number of aromatic nitrogens is 2. The van der Waals surface area contributed by atoms with Crippen LogP contribution in [0.15, 0.2) is 36.4 Å². The van der Waals surface area contributed by atoms with E-state index in [9.17, 15) is 4.79 Å². The Bertz CT molecular complexity index is 587. The molecule has 0 saturated carbocycles. The molecule has 0 radical (unpaired) electrons. The van der Waals surface area contributed by atoms with E-state index >= 15 is 0 Å². The molecular formula is C14H13ClN2O2. The molecule has 5 heteroatoms. The summed E-state index contributed by atoms with van der Waals surface area (Å²) in [6.45, 7) is 2.14. The van der Waals surface area contributed by atoms with Gasteiger partial charge in [-0.1, -0.05) is 23.7 Å².